The van der Waals surface area contributed by atoms with E-state index in [1.54, 1.807) is 0 Å². The third kappa shape index (κ3) is 4.32. The number of nitrogens with one attached hydrogen (secondary N) is 1. The number of benzene rings is 1. The zero-order valence-corrected chi connectivity index (χ0v) is 13.0. The van der Waals surface area contributed by atoms with Crippen molar-refractivity contribution in [1.82, 2.24) is 10.3 Å². The molecule has 112 valence electrons. The smallest absolute Gasteiger partial charge is 0.241 e. The van der Waals surface area contributed by atoms with Crippen molar-refractivity contribution in [2.75, 3.05) is 7.05 Å². The summed E-state index contributed by atoms with van der Waals surface area (Å²) in [5, 5.41) is 0. The van der Waals surface area contributed by atoms with Gasteiger partial charge in [-0.3, -0.25) is 15.1 Å². The molecular weight excluding hydrogens is 250 g/mol. The molecule has 4 heteroatoms. The van der Waals surface area contributed by atoms with Crippen LogP contribution in [0.3, 0.4) is 0 Å². The van der Waals surface area contributed by atoms with E-state index >= 15 is 0 Å². The van der Waals surface area contributed by atoms with Crippen molar-refractivity contribution in [1.29, 1.82) is 0 Å². The first-order valence-corrected chi connectivity index (χ1v) is 7.32. The Morgan fingerprint density at radius 1 is 1.25 bits per heavy atom. The molecule has 4 nitrogen and oxygen atoms in total. The van der Waals surface area contributed by atoms with Crippen LogP contribution in [0.1, 0.15) is 50.7 Å². The summed E-state index contributed by atoms with van der Waals surface area (Å²) >= 11 is 0. The lowest BCUT2D eigenvalue weighted by Crippen LogP contribution is -2.33. The number of rotatable bonds is 7. The fourth-order valence-corrected chi connectivity index (χ4v) is 2.52. The van der Waals surface area contributed by atoms with E-state index in [0.29, 0.717) is 6.04 Å². The molecule has 1 atom stereocenters. The lowest BCUT2D eigenvalue weighted by atomic mass is 9.99. The van der Waals surface area contributed by atoms with Crippen molar-refractivity contribution < 1.29 is 4.79 Å². The molecule has 1 rings (SSSR count). The van der Waals surface area contributed by atoms with E-state index in [1.165, 1.54) is 18.4 Å². The summed E-state index contributed by atoms with van der Waals surface area (Å²) in [5.74, 6) is 4.79. The summed E-state index contributed by atoms with van der Waals surface area (Å²) < 4.78 is 0. The second-order valence-corrected chi connectivity index (χ2v) is 5.36. The van der Waals surface area contributed by atoms with Crippen molar-refractivity contribution >= 4 is 5.91 Å². The van der Waals surface area contributed by atoms with E-state index < -0.39 is 0 Å². The molecule has 3 N–H and O–H groups in total. The van der Waals surface area contributed by atoms with Crippen LogP contribution in [-0.4, -0.2) is 23.9 Å². The standard InChI is InChI=1S/C16H27N3O/c1-5-15(6-2)19(4)11-13-7-9-14(10-8-13)12(3)16(20)18-17/h7-10,12,15H,5-6,11,17H2,1-4H3,(H,18,20). The van der Waals surface area contributed by atoms with Gasteiger partial charge in [0, 0.05) is 12.6 Å². The van der Waals surface area contributed by atoms with Crippen LogP contribution in [0.5, 0.6) is 0 Å². The van der Waals surface area contributed by atoms with Crippen LogP contribution >= 0.6 is 0 Å². The second kappa shape index (κ2) is 8.02. The average Bonchev–Trinajstić information content (AvgIpc) is 2.47. The highest BCUT2D eigenvalue weighted by atomic mass is 16.2. The van der Waals surface area contributed by atoms with Crippen LogP contribution in [0.4, 0.5) is 0 Å². The zero-order valence-electron chi connectivity index (χ0n) is 13.0. The molecular formula is C16H27N3O. The fourth-order valence-electron chi connectivity index (χ4n) is 2.52. The predicted molar refractivity (Wildman–Crippen MR) is 83.0 cm³/mol. The van der Waals surface area contributed by atoms with E-state index in [4.69, 9.17) is 5.84 Å². The Labute approximate surface area is 122 Å². The topological polar surface area (TPSA) is 58.4 Å². The molecule has 0 saturated carbocycles. The number of hydrogen-bond acceptors (Lipinski definition) is 3. The Hall–Kier alpha value is -1.39. The third-order valence-electron chi connectivity index (χ3n) is 4.01. The van der Waals surface area contributed by atoms with E-state index in [-0.39, 0.29) is 11.8 Å². The molecule has 0 heterocycles. The van der Waals surface area contributed by atoms with E-state index in [9.17, 15) is 4.79 Å². The first kappa shape index (κ1) is 16.7. The molecule has 0 aliphatic carbocycles. The van der Waals surface area contributed by atoms with Crippen LogP contribution < -0.4 is 11.3 Å². The summed E-state index contributed by atoms with van der Waals surface area (Å²) in [5.41, 5.74) is 4.45. The summed E-state index contributed by atoms with van der Waals surface area (Å²) in [6.07, 6.45) is 2.33. The van der Waals surface area contributed by atoms with Crippen molar-refractivity contribution in [2.24, 2.45) is 5.84 Å². The van der Waals surface area contributed by atoms with E-state index in [0.717, 1.165) is 12.1 Å². The maximum absolute atomic E-state index is 11.5. The molecule has 1 amide bonds. The number of nitrogens with zero attached hydrogens (tertiary/aromatic N) is 1. The Balaban J connectivity index is 2.69. The van der Waals surface area contributed by atoms with Crippen LogP contribution in [0.15, 0.2) is 24.3 Å². The Morgan fingerprint density at radius 3 is 2.25 bits per heavy atom. The molecule has 0 aliphatic rings. The highest BCUT2D eigenvalue weighted by Gasteiger charge is 2.14. The van der Waals surface area contributed by atoms with Gasteiger partial charge in [0.05, 0.1) is 5.92 Å². The Morgan fingerprint density at radius 2 is 1.80 bits per heavy atom. The molecule has 0 aromatic heterocycles. The van der Waals surface area contributed by atoms with Gasteiger partial charge in [-0.1, -0.05) is 38.1 Å². The lowest BCUT2D eigenvalue weighted by molar-refractivity contribution is -0.122. The van der Waals surface area contributed by atoms with Crippen molar-refractivity contribution in [2.45, 2.75) is 52.1 Å². The van der Waals surface area contributed by atoms with E-state index in [1.807, 2.05) is 19.1 Å². The highest BCUT2D eigenvalue weighted by Crippen LogP contribution is 2.17. The summed E-state index contributed by atoms with van der Waals surface area (Å²) in [4.78, 5) is 13.9. The number of hydrogen-bond donors (Lipinski definition) is 2. The summed E-state index contributed by atoms with van der Waals surface area (Å²) in [6.45, 7) is 7.24. The van der Waals surface area contributed by atoms with Gasteiger partial charge in [0.15, 0.2) is 0 Å². The minimum absolute atomic E-state index is 0.160. The van der Waals surface area contributed by atoms with Gasteiger partial charge in [-0.15, -0.1) is 0 Å². The van der Waals surface area contributed by atoms with Gasteiger partial charge in [0.2, 0.25) is 5.91 Å². The fraction of sp³-hybridized carbons (Fsp3) is 0.562. The molecule has 1 unspecified atom stereocenters. The number of nitrogens with two attached hydrogens (primary N) is 1. The normalized spacial score (nSPS) is 12.8. The van der Waals surface area contributed by atoms with Crippen LogP contribution in [0.25, 0.3) is 0 Å². The summed E-state index contributed by atoms with van der Waals surface area (Å²) in [7, 11) is 2.16. The zero-order chi connectivity index (χ0) is 15.1. The van der Waals surface area contributed by atoms with Crippen LogP contribution in [0, 0.1) is 0 Å². The maximum Gasteiger partial charge on any atom is 0.241 e. The van der Waals surface area contributed by atoms with E-state index in [2.05, 4.69) is 43.4 Å². The van der Waals surface area contributed by atoms with Gasteiger partial charge in [-0.05, 0) is 37.9 Å². The van der Waals surface area contributed by atoms with Gasteiger partial charge in [0.1, 0.15) is 0 Å². The number of carbonyl (C=O) groups is 1. The largest absolute Gasteiger partial charge is 0.299 e. The quantitative estimate of drug-likeness (QED) is 0.457. The van der Waals surface area contributed by atoms with Crippen LogP contribution in [0.2, 0.25) is 0 Å². The Bertz CT molecular complexity index is 412. The van der Waals surface area contributed by atoms with Crippen LogP contribution in [-0.2, 0) is 11.3 Å². The predicted octanol–water partition coefficient (Wildman–Crippen LogP) is 2.40. The average molecular weight is 277 g/mol. The molecule has 0 aliphatic heterocycles. The minimum atomic E-state index is -0.217. The maximum atomic E-state index is 11.5. The minimum Gasteiger partial charge on any atom is -0.299 e. The highest BCUT2D eigenvalue weighted by molar-refractivity contribution is 5.82. The van der Waals surface area contributed by atoms with Gasteiger partial charge in [0.25, 0.3) is 0 Å². The third-order valence-corrected chi connectivity index (χ3v) is 4.01. The summed E-state index contributed by atoms with van der Waals surface area (Å²) in [6, 6.07) is 8.83. The number of amides is 1. The molecule has 0 spiro atoms. The monoisotopic (exact) mass is 277 g/mol. The first-order chi connectivity index (χ1) is 9.53. The number of hydrazine groups is 1. The Kier molecular flexibility index (Phi) is 6.68. The molecule has 0 radical (unpaired) electrons. The molecule has 20 heavy (non-hydrogen) atoms. The molecule has 0 bridgehead atoms. The SMILES string of the molecule is CCC(CC)N(C)Cc1ccc(C(C)C(=O)NN)cc1. The molecule has 0 saturated heterocycles. The first-order valence-electron chi connectivity index (χ1n) is 7.32. The number of carbonyl (C=O) groups excluding carboxylic acids is 1. The molecule has 0 fully saturated rings. The lowest BCUT2D eigenvalue weighted by Gasteiger charge is -2.26. The van der Waals surface area contributed by atoms with Gasteiger partial charge in [-0.25, -0.2) is 5.84 Å². The van der Waals surface area contributed by atoms with Crippen molar-refractivity contribution in [3.8, 4) is 0 Å². The molecule has 1 aromatic carbocycles. The van der Waals surface area contributed by atoms with Crippen molar-refractivity contribution in [3.63, 3.8) is 0 Å². The van der Waals surface area contributed by atoms with Crippen molar-refractivity contribution in [3.05, 3.63) is 35.4 Å². The van der Waals surface area contributed by atoms with Gasteiger partial charge >= 0.3 is 0 Å². The second-order valence-electron chi connectivity index (χ2n) is 5.36. The van der Waals surface area contributed by atoms with Gasteiger partial charge < -0.3 is 0 Å². The van der Waals surface area contributed by atoms with Gasteiger partial charge in [-0.2, -0.15) is 0 Å². The molecule has 1 aromatic rings.